The Kier molecular flexibility index (Phi) is 7.99. The van der Waals surface area contributed by atoms with Crippen LogP contribution in [0.15, 0.2) is 61.7 Å². The van der Waals surface area contributed by atoms with Gasteiger partial charge in [0.05, 0.1) is 14.2 Å². The van der Waals surface area contributed by atoms with Crippen molar-refractivity contribution in [2.24, 2.45) is 0 Å². The first-order valence-electron chi connectivity index (χ1n) is 7.49. The zero-order valence-corrected chi connectivity index (χ0v) is 14.2. The topological polar surface area (TPSA) is 58.9 Å². The zero-order chi connectivity index (χ0) is 17.9. The van der Waals surface area contributed by atoms with Crippen LogP contribution in [-0.4, -0.2) is 24.4 Å². The molecule has 0 radical (unpaired) electrons. The zero-order valence-electron chi connectivity index (χ0n) is 14.2. The fraction of sp³-hybridized carbons (Fsp3) is 0.200. The third-order valence-corrected chi connectivity index (χ3v) is 3.26. The fourth-order valence-corrected chi connectivity index (χ4v) is 2.09. The van der Waals surface area contributed by atoms with Gasteiger partial charge in [-0.05, 0) is 42.2 Å². The van der Waals surface area contributed by atoms with Gasteiger partial charge in [-0.3, -0.25) is 0 Å². The minimum atomic E-state index is 0.178. The Morgan fingerprint density at radius 1 is 0.875 bits per heavy atom. The molecule has 0 aliphatic rings. The second-order valence-corrected chi connectivity index (χ2v) is 4.99. The first-order valence-corrected chi connectivity index (χ1v) is 7.49. The van der Waals surface area contributed by atoms with E-state index in [2.05, 4.69) is 13.2 Å². The van der Waals surface area contributed by atoms with E-state index in [9.17, 15) is 5.11 Å². The number of hydrogen-bond acceptors (Lipinski definition) is 4. The summed E-state index contributed by atoms with van der Waals surface area (Å²) in [6.07, 6.45) is 5.11. The van der Waals surface area contributed by atoms with Gasteiger partial charge in [0.2, 0.25) is 0 Å². The van der Waals surface area contributed by atoms with E-state index in [-0.39, 0.29) is 11.5 Å². The molecule has 0 bridgehead atoms. The third kappa shape index (κ3) is 5.72. The molecule has 24 heavy (non-hydrogen) atoms. The van der Waals surface area contributed by atoms with E-state index in [1.807, 2.05) is 12.1 Å². The van der Waals surface area contributed by atoms with E-state index in [0.29, 0.717) is 11.5 Å². The summed E-state index contributed by atoms with van der Waals surface area (Å²) in [5.41, 5.74) is 2.06. The molecule has 2 aromatic carbocycles. The highest BCUT2D eigenvalue weighted by Gasteiger charge is 2.01. The average molecular weight is 328 g/mol. The van der Waals surface area contributed by atoms with Crippen LogP contribution in [0.2, 0.25) is 0 Å². The molecule has 0 spiro atoms. The highest BCUT2D eigenvalue weighted by Crippen LogP contribution is 2.26. The van der Waals surface area contributed by atoms with Crippen LogP contribution in [0.25, 0.3) is 0 Å². The lowest BCUT2D eigenvalue weighted by molar-refractivity contribution is 0.373. The van der Waals surface area contributed by atoms with Crippen molar-refractivity contribution in [3.05, 3.63) is 72.8 Å². The summed E-state index contributed by atoms with van der Waals surface area (Å²) in [5, 5.41) is 18.5. The van der Waals surface area contributed by atoms with Gasteiger partial charge in [-0.1, -0.05) is 24.3 Å². The van der Waals surface area contributed by atoms with Crippen molar-refractivity contribution in [1.29, 1.82) is 0 Å². The maximum Gasteiger partial charge on any atom is 0.160 e. The van der Waals surface area contributed by atoms with Crippen molar-refractivity contribution >= 4 is 0 Å². The first kappa shape index (κ1) is 19.2. The van der Waals surface area contributed by atoms with E-state index < -0.39 is 0 Å². The van der Waals surface area contributed by atoms with Crippen molar-refractivity contribution in [1.82, 2.24) is 0 Å². The number of methoxy groups -OCH3 is 2. The Morgan fingerprint density at radius 3 is 2.08 bits per heavy atom. The van der Waals surface area contributed by atoms with Gasteiger partial charge in [0.25, 0.3) is 0 Å². The van der Waals surface area contributed by atoms with Crippen LogP contribution in [0.5, 0.6) is 23.0 Å². The van der Waals surface area contributed by atoms with Crippen LogP contribution in [0.3, 0.4) is 0 Å². The molecular weight excluding hydrogens is 304 g/mol. The fourth-order valence-electron chi connectivity index (χ4n) is 2.09. The van der Waals surface area contributed by atoms with Crippen molar-refractivity contribution in [2.75, 3.05) is 14.2 Å². The lowest BCUT2D eigenvalue weighted by Gasteiger charge is -2.05. The second kappa shape index (κ2) is 10.0. The molecular formula is C20H24O4. The number of rotatable bonds is 6. The van der Waals surface area contributed by atoms with E-state index in [4.69, 9.17) is 14.6 Å². The molecule has 0 fully saturated rings. The van der Waals surface area contributed by atoms with Gasteiger partial charge in [-0.25, -0.2) is 0 Å². The van der Waals surface area contributed by atoms with Gasteiger partial charge < -0.3 is 19.7 Å². The molecule has 0 atom stereocenters. The van der Waals surface area contributed by atoms with Gasteiger partial charge in [-0.15, -0.1) is 13.2 Å². The van der Waals surface area contributed by atoms with Gasteiger partial charge in [0.1, 0.15) is 11.5 Å². The van der Waals surface area contributed by atoms with Gasteiger partial charge >= 0.3 is 0 Å². The molecule has 4 nitrogen and oxygen atoms in total. The van der Waals surface area contributed by atoms with Crippen LogP contribution in [0.4, 0.5) is 0 Å². The molecule has 2 aromatic rings. The number of ether oxygens (including phenoxy) is 2. The van der Waals surface area contributed by atoms with Gasteiger partial charge in [0, 0.05) is 6.07 Å². The van der Waals surface area contributed by atoms with Gasteiger partial charge in [0.15, 0.2) is 11.5 Å². The monoisotopic (exact) mass is 328 g/mol. The molecule has 0 aromatic heterocycles. The number of phenols is 2. The minimum absolute atomic E-state index is 0.178. The second-order valence-electron chi connectivity index (χ2n) is 4.99. The molecule has 0 aliphatic heterocycles. The Labute approximate surface area is 143 Å². The van der Waals surface area contributed by atoms with Crippen LogP contribution < -0.4 is 9.47 Å². The van der Waals surface area contributed by atoms with Crippen molar-refractivity contribution < 1.29 is 19.7 Å². The average Bonchev–Trinajstić information content (AvgIpc) is 2.58. The Hall–Kier alpha value is -2.88. The summed E-state index contributed by atoms with van der Waals surface area (Å²) < 4.78 is 9.97. The maximum atomic E-state index is 9.36. The summed E-state index contributed by atoms with van der Waals surface area (Å²) in [7, 11) is 3.11. The molecule has 4 heteroatoms. The summed E-state index contributed by atoms with van der Waals surface area (Å²) >= 11 is 0. The molecule has 0 unspecified atom stereocenters. The quantitative estimate of drug-likeness (QED) is 0.778. The SMILES string of the molecule is C=CCc1ccc(O)cc1OC.C=CCc1ccc(OC)c(O)c1. The first-order chi connectivity index (χ1) is 11.5. The third-order valence-electron chi connectivity index (χ3n) is 3.26. The predicted molar refractivity (Wildman–Crippen MR) is 97.1 cm³/mol. The number of hydrogen-bond donors (Lipinski definition) is 2. The van der Waals surface area contributed by atoms with Crippen molar-refractivity contribution in [3.63, 3.8) is 0 Å². The molecule has 0 heterocycles. The van der Waals surface area contributed by atoms with Crippen LogP contribution in [0.1, 0.15) is 11.1 Å². The smallest absolute Gasteiger partial charge is 0.160 e. The van der Waals surface area contributed by atoms with Crippen molar-refractivity contribution in [2.45, 2.75) is 12.8 Å². The number of phenolic OH excluding ortho intramolecular Hbond substituents is 2. The summed E-state index contributed by atoms with van der Waals surface area (Å²) in [6.45, 7) is 7.25. The van der Waals surface area contributed by atoms with E-state index in [0.717, 1.165) is 24.0 Å². The molecule has 2 N–H and O–H groups in total. The lowest BCUT2D eigenvalue weighted by Crippen LogP contribution is -1.89. The Bertz CT molecular complexity index is 677. The summed E-state index contributed by atoms with van der Waals surface area (Å²) in [6, 6.07) is 10.4. The number of benzene rings is 2. The Morgan fingerprint density at radius 2 is 1.54 bits per heavy atom. The maximum absolute atomic E-state index is 9.36. The van der Waals surface area contributed by atoms with E-state index in [1.165, 1.54) is 7.11 Å². The van der Waals surface area contributed by atoms with Gasteiger partial charge in [-0.2, -0.15) is 0 Å². The minimum Gasteiger partial charge on any atom is -0.508 e. The molecule has 0 amide bonds. The normalized spacial score (nSPS) is 9.42. The molecule has 0 aliphatic carbocycles. The van der Waals surface area contributed by atoms with E-state index in [1.54, 1.807) is 43.5 Å². The van der Waals surface area contributed by atoms with E-state index >= 15 is 0 Å². The molecule has 128 valence electrons. The largest absolute Gasteiger partial charge is 0.508 e. The number of aromatic hydroxyl groups is 2. The Balaban J connectivity index is 0.000000240. The number of allylic oxidation sites excluding steroid dienone is 2. The highest BCUT2D eigenvalue weighted by molar-refractivity contribution is 5.42. The standard InChI is InChI=1S/2C10H12O2/c1-3-4-8-5-6-9(11)7-10(8)12-2;1-3-4-8-5-6-10(12-2)9(11)7-8/h2*3,5-7,11H,1,4H2,2H3. The molecule has 2 rings (SSSR count). The molecule has 0 saturated heterocycles. The van der Waals surface area contributed by atoms with Crippen LogP contribution >= 0.6 is 0 Å². The molecule has 0 saturated carbocycles. The highest BCUT2D eigenvalue weighted by atomic mass is 16.5. The van der Waals surface area contributed by atoms with Crippen LogP contribution in [-0.2, 0) is 12.8 Å². The summed E-state index contributed by atoms with van der Waals surface area (Å²) in [4.78, 5) is 0. The van der Waals surface area contributed by atoms with Crippen LogP contribution in [0, 0.1) is 0 Å². The van der Waals surface area contributed by atoms with Crippen molar-refractivity contribution in [3.8, 4) is 23.0 Å². The summed E-state index contributed by atoms with van der Waals surface area (Å²) in [5.74, 6) is 1.61. The predicted octanol–water partition coefficient (Wildman–Crippen LogP) is 4.26. The lowest BCUT2D eigenvalue weighted by atomic mass is 10.1.